The number of primary sulfonamides is 1. The van der Waals surface area contributed by atoms with Crippen LogP contribution in [0.1, 0.15) is 18.9 Å². The molecule has 5 nitrogen and oxygen atoms in total. The number of nitrogens with one attached hydrogen (secondary N) is 1. The summed E-state index contributed by atoms with van der Waals surface area (Å²) in [7, 11) is -3.71. The lowest BCUT2D eigenvalue weighted by molar-refractivity contribution is -0.120. The van der Waals surface area contributed by atoms with Crippen LogP contribution in [0.3, 0.4) is 0 Å². The third-order valence-electron chi connectivity index (χ3n) is 2.34. The third kappa shape index (κ3) is 4.40. The Morgan fingerprint density at radius 2 is 2.17 bits per heavy atom. The molecule has 0 aliphatic rings. The van der Waals surface area contributed by atoms with Crippen molar-refractivity contribution in [2.75, 3.05) is 0 Å². The largest absolute Gasteiger partial charge is 0.351 e. The number of hydrogen-bond acceptors (Lipinski definition) is 3. The van der Waals surface area contributed by atoms with Crippen molar-refractivity contribution in [1.29, 1.82) is 0 Å². The Hall–Kier alpha value is -0.920. The molecule has 100 valence electrons. The van der Waals surface area contributed by atoms with Gasteiger partial charge in [-0.05, 0) is 24.1 Å². The molecule has 0 aliphatic heterocycles. The molecule has 7 heteroatoms. The van der Waals surface area contributed by atoms with Crippen molar-refractivity contribution >= 4 is 31.9 Å². The van der Waals surface area contributed by atoms with Gasteiger partial charge in [0.2, 0.25) is 15.9 Å². The molecule has 1 aromatic rings. The maximum absolute atomic E-state index is 11.5. The molecule has 0 bridgehead atoms. The Bertz CT molecular complexity index is 531. The monoisotopic (exact) mass is 334 g/mol. The van der Waals surface area contributed by atoms with Crippen LogP contribution in [-0.4, -0.2) is 19.2 Å². The van der Waals surface area contributed by atoms with Gasteiger partial charge in [0.1, 0.15) is 0 Å². The van der Waals surface area contributed by atoms with E-state index in [1.807, 2.05) is 6.92 Å². The summed E-state index contributed by atoms with van der Waals surface area (Å²) < 4.78 is 22.3. The van der Waals surface area contributed by atoms with Crippen LogP contribution in [0.5, 0.6) is 0 Å². The van der Waals surface area contributed by atoms with Crippen LogP contribution in [0.2, 0.25) is 0 Å². The second-order valence-corrected chi connectivity index (χ2v) is 6.45. The summed E-state index contributed by atoms with van der Waals surface area (Å²) in [6.45, 7) is 2.16. The van der Waals surface area contributed by atoms with Crippen LogP contribution in [0.4, 0.5) is 0 Å². The molecule has 18 heavy (non-hydrogen) atoms. The maximum atomic E-state index is 11.5. The Kier molecular flexibility index (Phi) is 5.30. The first-order chi connectivity index (χ1) is 8.34. The maximum Gasteiger partial charge on any atom is 0.238 e. The zero-order chi connectivity index (χ0) is 13.8. The fourth-order valence-electron chi connectivity index (χ4n) is 1.32. The fraction of sp³-hybridized carbons (Fsp3) is 0.364. The predicted octanol–water partition coefficient (Wildman–Crippen LogP) is 1.12. The van der Waals surface area contributed by atoms with Crippen molar-refractivity contribution in [2.24, 2.45) is 5.14 Å². The van der Waals surface area contributed by atoms with Crippen molar-refractivity contribution in [3.63, 3.8) is 0 Å². The zero-order valence-electron chi connectivity index (χ0n) is 9.89. The molecule has 0 aliphatic carbocycles. The highest BCUT2D eigenvalue weighted by Crippen LogP contribution is 2.10. The second-order valence-electron chi connectivity index (χ2n) is 3.79. The lowest BCUT2D eigenvalue weighted by atomic mass is 10.2. The van der Waals surface area contributed by atoms with E-state index < -0.39 is 10.0 Å². The molecular weight excluding hydrogens is 320 g/mol. The van der Waals surface area contributed by atoms with Crippen molar-refractivity contribution in [2.45, 2.75) is 29.6 Å². The minimum absolute atomic E-state index is 0.0418. The number of carbonyl (C=O) groups excluding carboxylic acids is 1. The van der Waals surface area contributed by atoms with E-state index in [0.29, 0.717) is 12.0 Å². The van der Waals surface area contributed by atoms with Gasteiger partial charge >= 0.3 is 0 Å². The minimum Gasteiger partial charge on any atom is -0.351 e. The van der Waals surface area contributed by atoms with E-state index in [-0.39, 0.29) is 22.2 Å². The second kappa shape index (κ2) is 6.31. The van der Waals surface area contributed by atoms with Crippen molar-refractivity contribution < 1.29 is 13.2 Å². The zero-order valence-corrected chi connectivity index (χ0v) is 12.3. The summed E-state index contributed by atoms with van der Waals surface area (Å²) in [5.41, 5.74) is 0.686. The number of alkyl halides is 1. The molecule has 1 rings (SSSR count). The SMILES string of the molecule is CCC(Br)C(=O)NCc1cccc(S(N)(=O)=O)c1. The molecule has 0 fully saturated rings. The van der Waals surface area contributed by atoms with Gasteiger partial charge in [-0.25, -0.2) is 13.6 Å². The number of amides is 1. The molecule has 0 saturated heterocycles. The summed E-state index contributed by atoms with van der Waals surface area (Å²) >= 11 is 3.23. The van der Waals surface area contributed by atoms with Crippen LogP contribution in [-0.2, 0) is 21.4 Å². The molecular formula is C11H15BrN2O3S. The summed E-state index contributed by atoms with van der Waals surface area (Å²) in [4.78, 5) is 11.3. The number of rotatable bonds is 5. The number of sulfonamides is 1. The lowest BCUT2D eigenvalue weighted by Crippen LogP contribution is -2.30. The molecule has 0 aromatic heterocycles. The number of carbonyl (C=O) groups is 1. The van der Waals surface area contributed by atoms with Gasteiger partial charge in [-0.15, -0.1) is 0 Å². The van der Waals surface area contributed by atoms with Crippen LogP contribution >= 0.6 is 15.9 Å². The highest BCUT2D eigenvalue weighted by atomic mass is 79.9. The number of benzene rings is 1. The Balaban J connectivity index is 2.72. The van der Waals surface area contributed by atoms with Crippen LogP contribution in [0.15, 0.2) is 29.2 Å². The lowest BCUT2D eigenvalue weighted by Gasteiger charge is -2.09. The van der Waals surface area contributed by atoms with Crippen molar-refractivity contribution in [1.82, 2.24) is 5.32 Å². The van der Waals surface area contributed by atoms with E-state index in [1.165, 1.54) is 12.1 Å². The molecule has 0 saturated carbocycles. The van der Waals surface area contributed by atoms with Crippen molar-refractivity contribution in [3.05, 3.63) is 29.8 Å². The van der Waals surface area contributed by atoms with Crippen LogP contribution < -0.4 is 10.5 Å². The first-order valence-corrected chi connectivity index (χ1v) is 7.84. The van der Waals surface area contributed by atoms with Gasteiger partial charge in [-0.1, -0.05) is 35.0 Å². The normalized spacial score (nSPS) is 13.1. The summed E-state index contributed by atoms with van der Waals surface area (Å²) in [5, 5.41) is 7.74. The average molecular weight is 335 g/mol. The van der Waals surface area contributed by atoms with Gasteiger partial charge in [-0.3, -0.25) is 4.79 Å². The van der Waals surface area contributed by atoms with Crippen LogP contribution in [0, 0.1) is 0 Å². The molecule has 0 spiro atoms. The van der Waals surface area contributed by atoms with E-state index in [1.54, 1.807) is 12.1 Å². The first kappa shape index (κ1) is 15.1. The molecule has 1 aromatic carbocycles. The van der Waals surface area contributed by atoms with Gasteiger partial charge in [-0.2, -0.15) is 0 Å². The Labute approximate surface area is 115 Å². The summed E-state index contributed by atoms with van der Waals surface area (Å²) in [6, 6.07) is 6.18. The molecule has 1 amide bonds. The summed E-state index contributed by atoms with van der Waals surface area (Å²) in [6.07, 6.45) is 0.684. The smallest absolute Gasteiger partial charge is 0.238 e. The molecule has 3 N–H and O–H groups in total. The summed E-state index contributed by atoms with van der Waals surface area (Å²) in [5.74, 6) is -0.126. The van der Waals surface area contributed by atoms with Gasteiger partial charge in [0, 0.05) is 6.54 Å². The van der Waals surface area contributed by atoms with Gasteiger partial charge < -0.3 is 5.32 Å². The number of halogens is 1. The van der Waals surface area contributed by atoms with Gasteiger partial charge in [0.25, 0.3) is 0 Å². The minimum atomic E-state index is -3.71. The number of hydrogen-bond donors (Lipinski definition) is 2. The molecule has 1 unspecified atom stereocenters. The standard InChI is InChI=1S/C11H15BrN2O3S/c1-2-10(12)11(15)14-7-8-4-3-5-9(6-8)18(13,16)17/h3-6,10H,2,7H2,1H3,(H,14,15)(H2,13,16,17). The predicted molar refractivity (Wildman–Crippen MR) is 72.7 cm³/mol. The Morgan fingerprint density at radius 1 is 1.50 bits per heavy atom. The number of nitrogens with two attached hydrogens (primary N) is 1. The van der Waals surface area contributed by atoms with E-state index in [2.05, 4.69) is 21.2 Å². The van der Waals surface area contributed by atoms with E-state index in [4.69, 9.17) is 5.14 Å². The molecule has 0 heterocycles. The van der Waals surface area contributed by atoms with Crippen LogP contribution in [0.25, 0.3) is 0 Å². The molecule has 1 atom stereocenters. The van der Waals surface area contributed by atoms with E-state index in [0.717, 1.165) is 0 Å². The van der Waals surface area contributed by atoms with E-state index >= 15 is 0 Å². The highest BCUT2D eigenvalue weighted by molar-refractivity contribution is 9.10. The van der Waals surface area contributed by atoms with Gasteiger partial charge in [0.05, 0.1) is 9.72 Å². The van der Waals surface area contributed by atoms with E-state index in [9.17, 15) is 13.2 Å². The Morgan fingerprint density at radius 3 is 2.72 bits per heavy atom. The quantitative estimate of drug-likeness (QED) is 0.791. The highest BCUT2D eigenvalue weighted by Gasteiger charge is 2.12. The topological polar surface area (TPSA) is 89.3 Å². The van der Waals surface area contributed by atoms with Gasteiger partial charge in [0.15, 0.2) is 0 Å². The fourth-order valence-corrected chi connectivity index (χ4v) is 2.06. The molecule has 0 radical (unpaired) electrons. The van der Waals surface area contributed by atoms with Crippen molar-refractivity contribution in [3.8, 4) is 0 Å². The third-order valence-corrected chi connectivity index (χ3v) is 4.31. The first-order valence-electron chi connectivity index (χ1n) is 5.38. The average Bonchev–Trinajstić information content (AvgIpc) is 2.34.